The van der Waals surface area contributed by atoms with Gasteiger partial charge in [0.05, 0.1) is 4.92 Å². The molecule has 2 heterocycles. The topological polar surface area (TPSA) is 74.1 Å². The van der Waals surface area contributed by atoms with Crippen molar-refractivity contribution < 1.29 is 36.2 Å². The largest absolute Gasteiger partial charge is 0.363 e. The molecule has 1 aromatic heterocycles. The molecule has 3 aromatic rings. The molecule has 12 heteroatoms. The van der Waals surface area contributed by atoms with Gasteiger partial charge < -0.3 is 4.74 Å². The van der Waals surface area contributed by atoms with E-state index in [0.29, 0.717) is 16.7 Å². The summed E-state index contributed by atoms with van der Waals surface area (Å²) in [5.41, 5.74) is -0.00608. The standard InChI is InChI=1S/C18H10F5N4O3/c19-12-13(20)15(22)18(16(23)14(12)21)26-6-25-11(24-26)5-30-10-3-7-1-2-8(27(28)29)4-9(7)17(10)25/h1-2,4,6,10,17H,3,5H2/q+1/t10-,17+/m1/s1. The molecule has 0 unspecified atom stereocenters. The lowest BCUT2D eigenvalue weighted by molar-refractivity contribution is -0.739. The number of nitro groups is 1. The zero-order valence-electron chi connectivity index (χ0n) is 14.8. The highest BCUT2D eigenvalue weighted by molar-refractivity contribution is 5.45. The van der Waals surface area contributed by atoms with E-state index in [1.165, 1.54) is 16.7 Å². The number of nitro benzene ring substituents is 1. The van der Waals surface area contributed by atoms with E-state index in [4.69, 9.17) is 4.74 Å². The maximum Gasteiger partial charge on any atom is 0.304 e. The lowest BCUT2D eigenvalue weighted by Gasteiger charge is -2.23. The summed E-state index contributed by atoms with van der Waals surface area (Å²) in [6.45, 7) is -0.0698. The van der Waals surface area contributed by atoms with Gasteiger partial charge in [0.2, 0.25) is 41.1 Å². The predicted octanol–water partition coefficient (Wildman–Crippen LogP) is 2.81. The van der Waals surface area contributed by atoms with Crippen LogP contribution in [0.5, 0.6) is 0 Å². The van der Waals surface area contributed by atoms with Crippen LogP contribution in [0.15, 0.2) is 24.5 Å². The number of rotatable bonds is 2. The number of benzene rings is 2. The molecular weight excluding hydrogens is 415 g/mol. The van der Waals surface area contributed by atoms with Crippen LogP contribution in [0.2, 0.25) is 0 Å². The van der Waals surface area contributed by atoms with E-state index in [-0.39, 0.29) is 18.1 Å². The minimum absolute atomic E-state index is 0.0698. The van der Waals surface area contributed by atoms with Gasteiger partial charge in [-0.2, -0.15) is 8.78 Å². The van der Waals surface area contributed by atoms with Crippen LogP contribution in [0.4, 0.5) is 27.6 Å². The summed E-state index contributed by atoms with van der Waals surface area (Å²) in [5, 5.41) is 15.1. The Morgan fingerprint density at radius 2 is 1.77 bits per heavy atom. The number of aromatic nitrogens is 3. The molecule has 30 heavy (non-hydrogen) atoms. The smallest absolute Gasteiger partial charge is 0.304 e. The van der Waals surface area contributed by atoms with Gasteiger partial charge in [-0.15, -0.1) is 0 Å². The molecule has 0 saturated heterocycles. The Morgan fingerprint density at radius 1 is 1.10 bits per heavy atom. The number of ether oxygens (including phenoxy) is 1. The Hall–Kier alpha value is -3.41. The van der Waals surface area contributed by atoms with Crippen LogP contribution in [-0.4, -0.2) is 20.8 Å². The molecule has 0 N–H and O–H groups in total. The van der Waals surface area contributed by atoms with Gasteiger partial charge >= 0.3 is 5.82 Å². The first kappa shape index (κ1) is 18.6. The number of fused-ring (bicyclic) bond motifs is 5. The van der Waals surface area contributed by atoms with Crippen LogP contribution in [0.25, 0.3) is 5.69 Å². The van der Waals surface area contributed by atoms with Crippen LogP contribution in [0.3, 0.4) is 0 Å². The van der Waals surface area contributed by atoms with Crippen molar-refractivity contribution in [1.82, 2.24) is 9.78 Å². The zero-order valence-corrected chi connectivity index (χ0v) is 14.8. The second kappa shape index (κ2) is 6.29. The lowest BCUT2D eigenvalue weighted by atomic mass is 10.1. The summed E-state index contributed by atoms with van der Waals surface area (Å²) in [4.78, 5) is 10.6. The molecular formula is C18H10F5N4O3+. The molecule has 2 aromatic carbocycles. The molecule has 2 atom stereocenters. The lowest BCUT2D eigenvalue weighted by Crippen LogP contribution is -2.51. The molecule has 1 aliphatic carbocycles. The third kappa shape index (κ3) is 2.46. The molecule has 5 rings (SSSR count). The third-order valence-corrected chi connectivity index (χ3v) is 5.33. The fourth-order valence-electron chi connectivity index (χ4n) is 3.97. The van der Waals surface area contributed by atoms with Gasteiger partial charge in [-0.25, -0.2) is 17.7 Å². The molecule has 1 aliphatic heterocycles. The van der Waals surface area contributed by atoms with Gasteiger partial charge in [0.25, 0.3) is 5.69 Å². The maximum atomic E-state index is 14.2. The van der Waals surface area contributed by atoms with Crippen molar-refractivity contribution in [3.8, 4) is 5.69 Å². The summed E-state index contributed by atoms with van der Waals surface area (Å²) >= 11 is 0. The van der Waals surface area contributed by atoms with Crippen LogP contribution in [-0.2, 0) is 17.8 Å². The molecule has 0 spiro atoms. The van der Waals surface area contributed by atoms with Gasteiger partial charge in [0.15, 0.2) is 0 Å². The van der Waals surface area contributed by atoms with Gasteiger partial charge in [0.1, 0.15) is 18.8 Å². The van der Waals surface area contributed by atoms with E-state index >= 15 is 0 Å². The molecule has 0 amide bonds. The quantitative estimate of drug-likeness (QED) is 0.158. The van der Waals surface area contributed by atoms with E-state index in [1.54, 1.807) is 6.07 Å². The van der Waals surface area contributed by atoms with Crippen LogP contribution < -0.4 is 4.57 Å². The normalized spacial score (nSPS) is 19.4. The molecule has 154 valence electrons. The van der Waals surface area contributed by atoms with Gasteiger partial charge in [0, 0.05) is 29.2 Å². The first-order valence-corrected chi connectivity index (χ1v) is 8.68. The maximum absolute atomic E-state index is 14.2. The average Bonchev–Trinajstić information content (AvgIpc) is 3.31. The number of halogens is 5. The Labute approximate surface area is 164 Å². The van der Waals surface area contributed by atoms with Crippen LogP contribution in [0.1, 0.15) is 23.0 Å². The first-order chi connectivity index (χ1) is 14.3. The van der Waals surface area contributed by atoms with E-state index < -0.39 is 51.8 Å². The van der Waals surface area contributed by atoms with Crippen molar-refractivity contribution in [1.29, 1.82) is 0 Å². The fourth-order valence-corrected chi connectivity index (χ4v) is 3.97. The number of hydrogen-bond donors (Lipinski definition) is 0. The number of nitrogens with zero attached hydrogens (tertiary/aromatic N) is 4. The number of non-ortho nitro benzene ring substituents is 1. The van der Waals surface area contributed by atoms with Crippen LogP contribution in [0, 0.1) is 39.2 Å². The molecule has 0 bridgehead atoms. The highest BCUT2D eigenvalue weighted by Crippen LogP contribution is 2.38. The molecule has 0 radical (unpaired) electrons. The highest BCUT2D eigenvalue weighted by atomic mass is 19.2. The summed E-state index contributed by atoms with van der Waals surface area (Å²) in [6.07, 6.45) is 1.12. The van der Waals surface area contributed by atoms with Crippen molar-refractivity contribution in [3.05, 3.63) is 80.7 Å². The molecule has 0 fully saturated rings. The Bertz CT molecular complexity index is 1220. The molecule has 7 nitrogen and oxygen atoms in total. The zero-order chi connectivity index (χ0) is 21.3. The second-order valence-corrected chi connectivity index (χ2v) is 6.94. The highest BCUT2D eigenvalue weighted by Gasteiger charge is 2.45. The SMILES string of the molecule is O=[N+]([O-])c1ccc2c(c1)[C@H]1[C@@H](C2)OCc2nn(-c3c(F)c(F)c(F)c(F)c3F)c[n+]21. The van der Waals surface area contributed by atoms with Crippen LogP contribution >= 0.6 is 0 Å². The van der Waals surface area contributed by atoms with E-state index in [9.17, 15) is 32.1 Å². The third-order valence-electron chi connectivity index (χ3n) is 5.33. The fraction of sp³-hybridized carbons (Fsp3) is 0.222. The first-order valence-electron chi connectivity index (χ1n) is 8.68. The second-order valence-electron chi connectivity index (χ2n) is 6.94. The Morgan fingerprint density at radius 3 is 2.43 bits per heavy atom. The molecule has 0 saturated carbocycles. The molecule has 2 aliphatic rings. The summed E-state index contributed by atoms with van der Waals surface area (Å²) < 4.78 is 76.7. The predicted molar refractivity (Wildman–Crippen MR) is 87.1 cm³/mol. The summed E-state index contributed by atoms with van der Waals surface area (Å²) in [5.74, 6) is -10.3. The van der Waals surface area contributed by atoms with Crippen molar-refractivity contribution >= 4 is 5.69 Å². The van der Waals surface area contributed by atoms with E-state index in [1.807, 2.05) is 0 Å². The Kier molecular flexibility index (Phi) is 3.90. The van der Waals surface area contributed by atoms with Crippen molar-refractivity contribution in [2.75, 3.05) is 0 Å². The minimum Gasteiger partial charge on any atom is -0.363 e. The van der Waals surface area contributed by atoms with Gasteiger partial charge in [-0.05, 0) is 5.56 Å². The summed E-state index contributed by atoms with van der Waals surface area (Å²) in [6, 6.07) is 3.74. The average molecular weight is 425 g/mol. The minimum atomic E-state index is -2.27. The monoisotopic (exact) mass is 425 g/mol. The van der Waals surface area contributed by atoms with Gasteiger partial charge in [-0.3, -0.25) is 10.1 Å². The Balaban J connectivity index is 1.67. The van der Waals surface area contributed by atoms with Gasteiger partial charge in [-0.1, -0.05) is 10.7 Å². The summed E-state index contributed by atoms with van der Waals surface area (Å²) in [7, 11) is 0. The van der Waals surface area contributed by atoms with Crippen molar-refractivity contribution in [2.24, 2.45) is 0 Å². The van der Waals surface area contributed by atoms with Crippen molar-refractivity contribution in [3.63, 3.8) is 0 Å². The number of hydrogen-bond acceptors (Lipinski definition) is 4. The van der Waals surface area contributed by atoms with Crippen molar-refractivity contribution in [2.45, 2.75) is 25.2 Å². The van der Waals surface area contributed by atoms with E-state index in [0.717, 1.165) is 11.9 Å². The van der Waals surface area contributed by atoms with E-state index in [2.05, 4.69) is 5.10 Å².